The maximum absolute atomic E-state index is 11.2. The van der Waals surface area contributed by atoms with E-state index in [0.29, 0.717) is 34.2 Å². The molecule has 0 radical (unpaired) electrons. The third-order valence-electron chi connectivity index (χ3n) is 4.13. The first kappa shape index (κ1) is 19.9. The van der Waals surface area contributed by atoms with E-state index in [1.807, 2.05) is 0 Å². The quantitative estimate of drug-likeness (QED) is 0.572. The van der Waals surface area contributed by atoms with Crippen molar-refractivity contribution < 1.29 is 28.6 Å². The number of hydrogen-bond acceptors (Lipinski definition) is 8. The minimum atomic E-state index is -1.25. The molecule has 0 amide bonds. The minimum absolute atomic E-state index is 0.0924. The number of ether oxygens (including phenoxy) is 3. The number of aliphatic carboxylic acids is 1. The lowest BCUT2D eigenvalue weighted by atomic mass is 10.1. The van der Waals surface area contributed by atoms with Gasteiger partial charge in [0.05, 0.1) is 21.3 Å². The summed E-state index contributed by atoms with van der Waals surface area (Å²) in [5.74, 6) is 0.902. The Bertz CT molecular complexity index is 1020. The van der Waals surface area contributed by atoms with Crippen LogP contribution in [-0.2, 0) is 4.79 Å². The summed E-state index contributed by atoms with van der Waals surface area (Å²) < 4.78 is 20.9. The maximum atomic E-state index is 11.2. The zero-order chi connectivity index (χ0) is 20.8. The van der Waals surface area contributed by atoms with Crippen molar-refractivity contribution in [2.75, 3.05) is 21.3 Å². The summed E-state index contributed by atoms with van der Waals surface area (Å²) in [6.45, 7) is 0. The van der Waals surface area contributed by atoms with Crippen LogP contribution in [0.25, 0.3) is 23.0 Å². The largest absolute Gasteiger partial charge is 0.550 e. The molecule has 0 saturated heterocycles. The standard InChI is InChI=1S/C21H20N2O6/c1-26-16-7-4-13(5-8-16)10-15(12-19(24)25)21-22-20(23-29-21)14-6-9-17(27-2)18(11-14)28-3/h4-11H,12H2,1-3H3,(H,24,25)/p-1/b15-10+. The van der Waals surface area contributed by atoms with Crippen LogP contribution in [0.15, 0.2) is 47.0 Å². The highest BCUT2D eigenvalue weighted by atomic mass is 16.5. The highest BCUT2D eigenvalue weighted by Gasteiger charge is 2.15. The molecule has 0 bridgehead atoms. The van der Waals surface area contributed by atoms with Crippen LogP contribution >= 0.6 is 0 Å². The van der Waals surface area contributed by atoms with Crippen molar-refractivity contribution in [3.05, 3.63) is 53.9 Å². The van der Waals surface area contributed by atoms with E-state index in [0.717, 1.165) is 5.56 Å². The predicted octanol–water partition coefficient (Wildman–Crippen LogP) is 2.44. The fourth-order valence-electron chi connectivity index (χ4n) is 2.69. The van der Waals surface area contributed by atoms with Gasteiger partial charge in [-0.1, -0.05) is 17.3 Å². The first-order valence-electron chi connectivity index (χ1n) is 8.65. The second-order valence-corrected chi connectivity index (χ2v) is 5.98. The second kappa shape index (κ2) is 8.92. The molecule has 8 heteroatoms. The van der Waals surface area contributed by atoms with Crippen molar-refractivity contribution in [2.24, 2.45) is 0 Å². The van der Waals surface area contributed by atoms with Crippen LogP contribution in [0, 0.1) is 0 Å². The van der Waals surface area contributed by atoms with E-state index in [1.54, 1.807) is 62.8 Å². The molecular formula is C21H19N2O6-. The number of rotatable bonds is 8. The molecule has 3 rings (SSSR count). The van der Waals surface area contributed by atoms with Crippen LogP contribution < -0.4 is 19.3 Å². The number of carbonyl (C=O) groups excluding carboxylic acids is 1. The Labute approximate surface area is 167 Å². The van der Waals surface area contributed by atoms with Crippen molar-refractivity contribution in [1.82, 2.24) is 10.1 Å². The van der Waals surface area contributed by atoms with Gasteiger partial charge < -0.3 is 28.6 Å². The molecule has 0 unspecified atom stereocenters. The fraction of sp³-hybridized carbons (Fsp3) is 0.190. The summed E-state index contributed by atoms with van der Waals surface area (Å²) in [7, 11) is 4.64. The molecular weight excluding hydrogens is 376 g/mol. The first-order valence-corrected chi connectivity index (χ1v) is 8.65. The van der Waals surface area contributed by atoms with Gasteiger partial charge in [0, 0.05) is 23.5 Å². The van der Waals surface area contributed by atoms with Gasteiger partial charge in [-0.15, -0.1) is 0 Å². The Hall–Kier alpha value is -3.81. The summed E-state index contributed by atoms with van der Waals surface area (Å²) in [6, 6.07) is 12.3. The third-order valence-corrected chi connectivity index (χ3v) is 4.13. The van der Waals surface area contributed by atoms with E-state index in [2.05, 4.69) is 10.1 Å². The van der Waals surface area contributed by atoms with Gasteiger partial charge in [0.2, 0.25) is 5.82 Å². The first-order chi connectivity index (χ1) is 14.0. The molecule has 29 heavy (non-hydrogen) atoms. The van der Waals surface area contributed by atoms with Gasteiger partial charge in [-0.3, -0.25) is 0 Å². The van der Waals surface area contributed by atoms with Crippen molar-refractivity contribution >= 4 is 17.6 Å². The molecule has 0 spiro atoms. The fourth-order valence-corrected chi connectivity index (χ4v) is 2.69. The van der Waals surface area contributed by atoms with Crippen LogP contribution in [0.3, 0.4) is 0 Å². The van der Waals surface area contributed by atoms with Crippen LogP contribution in [0.5, 0.6) is 17.2 Å². The predicted molar refractivity (Wildman–Crippen MR) is 103 cm³/mol. The van der Waals surface area contributed by atoms with Gasteiger partial charge in [0.1, 0.15) is 5.75 Å². The summed E-state index contributed by atoms with van der Waals surface area (Å²) >= 11 is 0. The van der Waals surface area contributed by atoms with E-state index in [1.165, 1.54) is 7.11 Å². The summed E-state index contributed by atoms with van der Waals surface area (Å²) in [5, 5.41) is 15.2. The molecule has 1 heterocycles. The number of nitrogens with zero attached hydrogens (tertiary/aromatic N) is 2. The van der Waals surface area contributed by atoms with Crippen molar-refractivity contribution in [2.45, 2.75) is 6.42 Å². The lowest BCUT2D eigenvalue weighted by molar-refractivity contribution is -0.304. The zero-order valence-electron chi connectivity index (χ0n) is 16.2. The number of methoxy groups -OCH3 is 3. The van der Waals surface area contributed by atoms with Crippen LogP contribution in [0.4, 0.5) is 0 Å². The smallest absolute Gasteiger partial charge is 0.254 e. The molecule has 1 aromatic heterocycles. The highest BCUT2D eigenvalue weighted by molar-refractivity contribution is 5.88. The van der Waals surface area contributed by atoms with Gasteiger partial charge in [-0.05, 0) is 42.0 Å². The number of benzene rings is 2. The van der Waals surface area contributed by atoms with Crippen LogP contribution in [0.1, 0.15) is 17.9 Å². The average molecular weight is 395 g/mol. The Kier molecular flexibility index (Phi) is 6.13. The lowest BCUT2D eigenvalue weighted by Gasteiger charge is -2.07. The Morgan fingerprint density at radius 1 is 1.03 bits per heavy atom. The van der Waals surface area contributed by atoms with Crippen LogP contribution in [-0.4, -0.2) is 37.4 Å². The zero-order valence-corrected chi connectivity index (χ0v) is 16.2. The van der Waals surface area contributed by atoms with Crippen molar-refractivity contribution in [3.63, 3.8) is 0 Å². The Morgan fingerprint density at radius 2 is 1.76 bits per heavy atom. The van der Waals surface area contributed by atoms with Gasteiger partial charge in [-0.25, -0.2) is 0 Å². The third kappa shape index (κ3) is 4.73. The van der Waals surface area contributed by atoms with Crippen LogP contribution in [0.2, 0.25) is 0 Å². The SMILES string of the molecule is COc1ccc(/C=C(\CC(=O)[O-])c2nc(-c3ccc(OC)c(OC)c3)no2)cc1. The molecule has 2 aromatic carbocycles. The lowest BCUT2D eigenvalue weighted by Crippen LogP contribution is -2.22. The maximum Gasteiger partial charge on any atom is 0.254 e. The topological polar surface area (TPSA) is 107 Å². The van der Waals surface area contributed by atoms with Gasteiger partial charge >= 0.3 is 0 Å². The second-order valence-electron chi connectivity index (χ2n) is 5.98. The number of carboxylic acid groups (broad SMARTS) is 1. The van der Waals surface area contributed by atoms with E-state index in [-0.39, 0.29) is 12.3 Å². The molecule has 150 valence electrons. The monoisotopic (exact) mass is 395 g/mol. The molecule has 0 aliphatic carbocycles. The molecule has 3 aromatic rings. The molecule has 8 nitrogen and oxygen atoms in total. The highest BCUT2D eigenvalue weighted by Crippen LogP contribution is 2.32. The van der Waals surface area contributed by atoms with E-state index in [9.17, 15) is 9.90 Å². The molecule has 0 saturated carbocycles. The molecule has 0 fully saturated rings. The summed E-state index contributed by atoms with van der Waals surface area (Å²) in [5.41, 5.74) is 1.72. The molecule has 0 atom stereocenters. The van der Waals surface area contributed by atoms with Gasteiger partial charge in [0.25, 0.3) is 5.89 Å². The Morgan fingerprint density at radius 3 is 2.38 bits per heavy atom. The number of carboxylic acids is 1. The van der Waals surface area contributed by atoms with Crippen molar-refractivity contribution in [1.29, 1.82) is 0 Å². The summed E-state index contributed by atoms with van der Waals surface area (Å²) in [6.07, 6.45) is 1.28. The summed E-state index contributed by atoms with van der Waals surface area (Å²) in [4.78, 5) is 15.5. The van der Waals surface area contributed by atoms with Crippen molar-refractivity contribution in [3.8, 4) is 28.6 Å². The molecule has 0 aliphatic rings. The van der Waals surface area contributed by atoms with E-state index < -0.39 is 5.97 Å². The number of hydrogen-bond donors (Lipinski definition) is 0. The van der Waals surface area contributed by atoms with E-state index in [4.69, 9.17) is 18.7 Å². The Balaban J connectivity index is 1.95. The normalized spacial score (nSPS) is 11.2. The number of carbonyl (C=O) groups is 1. The molecule has 0 aliphatic heterocycles. The van der Waals surface area contributed by atoms with Gasteiger partial charge in [-0.2, -0.15) is 4.98 Å². The molecule has 0 N–H and O–H groups in total. The van der Waals surface area contributed by atoms with Gasteiger partial charge in [0.15, 0.2) is 11.5 Å². The minimum Gasteiger partial charge on any atom is -0.550 e. The van der Waals surface area contributed by atoms with E-state index >= 15 is 0 Å². The average Bonchev–Trinajstić information content (AvgIpc) is 3.23. The number of aromatic nitrogens is 2.